The molecule has 1 saturated carbocycles. The molecule has 2 amide bonds. The summed E-state index contributed by atoms with van der Waals surface area (Å²) in [5.41, 5.74) is 5.42. The summed E-state index contributed by atoms with van der Waals surface area (Å²) in [6.45, 7) is 10.4. The molecule has 0 spiro atoms. The molecule has 0 unspecified atom stereocenters. The van der Waals surface area contributed by atoms with Gasteiger partial charge in [-0.25, -0.2) is 0 Å². The van der Waals surface area contributed by atoms with Gasteiger partial charge in [0.1, 0.15) is 11.8 Å². The summed E-state index contributed by atoms with van der Waals surface area (Å²) >= 11 is 0. The van der Waals surface area contributed by atoms with E-state index in [0.29, 0.717) is 13.0 Å². The van der Waals surface area contributed by atoms with Crippen LogP contribution >= 0.6 is 0 Å². The molecule has 1 aliphatic carbocycles. The minimum absolute atomic E-state index is 0.0566. The highest BCUT2D eigenvalue weighted by molar-refractivity contribution is 5.88. The Morgan fingerprint density at radius 2 is 1.74 bits per heavy atom. The van der Waals surface area contributed by atoms with Crippen LogP contribution in [0, 0.1) is 27.7 Å². The number of hydrogen-bond donors (Lipinski definition) is 1. The topological polar surface area (TPSA) is 58.6 Å². The Hall–Kier alpha value is -2.82. The van der Waals surface area contributed by atoms with E-state index in [2.05, 4.69) is 11.4 Å². The zero-order valence-corrected chi connectivity index (χ0v) is 21.4. The van der Waals surface area contributed by atoms with Crippen LogP contribution in [0.4, 0.5) is 0 Å². The van der Waals surface area contributed by atoms with E-state index in [-0.39, 0.29) is 24.5 Å². The summed E-state index contributed by atoms with van der Waals surface area (Å²) in [5.74, 6) is 0.493. The summed E-state index contributed by atoms with van der Waals surface area (Å²) in [5, 5.41) is 3.23. The number of nitrogens with zero attached hydrogens (tertiary/aromatic N) is 1. The first-order valence-corrected chi connectivity index (χ1v) is 12.6. The average Bonchev–Trinajstić information content (AvgIpc) is 2.82. The number of carbonyl (C=O) groups is 2. The second-order valence-electron chi connectivity index (χ2n) is 9.71. The standard InChI is InChI=1S/C29H40N2O3/c1-6-26(29(33)30-25-14-8-7-9-15-25)31(18-24-13-11-10-12-21(24)3)28(32)19-34-27-17-20(2)16-22(4)23(27)5/h10-13,16-17,25-26H,6-9,14-15,18-19H2,1-5H3,(H,30,33)/t26-/m0/s1. The first-order valence-electron chi connectivity index (χ1n) is 12.6. The van der Waals surface area contributed by atoms with Crippen molar-refractivity contribution in [1.29, 1.82) is 0 Å². The summed E-state index contributed by atoms with van der Waals surface area (Å²) < 4.78 is 6.01. The Kier molecular flexibility index (Phi) is 9.14. The molecule has 1 aliphatic rings. The van der Waals surface area contributed by atoms with Crippen molar-refractivity contribution in [2.24, 2.45) is 0 Å². The lowest BCUT2D eigenvalue weighted by Crippen LogP contribution is -2.52. The predicted molar refractivity (Wildman–Crippen MR) is 137 cm³/mol. The zero-order chi connectivity index (χ0) is 24.7. The molecule has 184 valence electrons. The molecular formula is C29H40N2O3. The van der Waals surface area contributed by atoms with Crippen LogP contribution in [0.25, 0.3) is 0 Å². The van der Waals surface area contributed by atoms with E-state index in [1.807, 2.05) is 65.0 Å². The van der Waals surface area contributed by atoms with E-state index in [1.165, 1.54) is 6.42 Å². The van der Waals surface area contributed by atoms with E-state index in [1.54, 1.807) is 4.90 Å². The largest absolute Gasteiger partial charge is 0.483 e. The van der Waals surface area contributed by atoms with Crippen LogP contribution in [-0.4, -0.2) is 35.4 Å². The Morgan fingerprint density at radius 3 is 2.41 bits per heavy atom. The highest BCUT2D eigenvalue weighted by Gasteiger charge is 2.31. The Morgan fingerprint density at radius 1 is 1.03 bits per heavy atom. The molecule has 0 radical (unpaired) electrons. The number of ether oxygens (including phenoxy) is 1. The summed E-state index contributed by atoms with van der Waals surface area (Å²) in [4.78, 5) is 28.6. The van der Waals surface area contributed by atoms with Crippen molar-refractivity contribution >= 4 is 11.8 Å². The minimum atomic E-state index is -0.530. The molecule has 0 bridgehead atoms. The molecular weight excluding hydrogens is 424 g/mol. The van der Waals surface area contributed by atoms with Gasteiger partial charge in [-0.15, -0.1) is 0 Å². The van der Waals surface area contributed by atoms with E-state index >= 15 is 0 Å². The normalized spacial score (nSPS) is 15.0. The molecule has 3 rings (SSSR count). The molecule has 5 heteroatoms. The van der Waals surface area contributed by atoms with Crippen molar-refractivity contribution in [3.63, 3.8) is 0 Å². The maximum Gasteiger partial charge on any atom is 0.261 e. The SMILES string of the molecule is CC[C@@H](C(=O)NC1CCCCC1)N(Cc1ccccc1C)C(=O)COc1cc(C)cc(C)c1C. The van der Waals surface area contributed by atoms with Crippen molar-refractivity contribution < 1.29 is 14.3 Å². The second kappa shape index (κ2) is 12.0. The van der Waals surface area contributed by atoms with Crippen LogP contribution in [0.3, 0.4) is 0 Å². The third kappa shape index (κ3) is 6.62. The Bertz CT molecular complexity index is 995. The van der Waals surface area contributed by atoms with Gasteiger partial charge in [-0.1, -0.05) is 56.5 Å². The molecule has 0 saturated heterocycles. The van der Waals surface area contributed by atoms with E-state index in [9.17, 15) is 9.59 Å². The fourth-order valence-corrected chi connectivity index (χ4v) is 4.81. The van der Waals surface area contributed by atoms with Crippen molar-refractivity contribution in [2.45, 2.75) is 91.8 Å². The summed E-state index contributed by atoms with van der Waals surface area (Å²) in [7, 11) is 0. The lowest BCUT2D eigenvalue weighted by molar-refractivity contribution is -0.143. The molecule has 2 aromatic rings. The van der Waals surface area contributed by atoms with Gasteiger partial charge in [0.2, 0.25) is 5.91 Å². The fourth-order valence-electron chi connectivity index (χ4n) is 4.81. The van der Waals surface area contributed by atoms with Gasteiger partial charge >= 0.3 is 0 Å². The van der Waals surface area contributed by atoms with Crippen LogP contribution in [0.5, 0.6) is 5.75 Å². The molecule has 5 nitrogen and oxygen atoms in total. The predicted octanol–water partition coefficient (Wildman–Crippen LogP) is 5.56. The maximum absolute atomic E-state index is 13.5. The van der Waals surface area contributed by atoms with E-state index < -0.39 is 6.04 Å². The van der Waals surface area contributed by atoms with Crippen LogP contribution in [0.2, 0.25) is 0 Å². The lowest BCUT2D eigenvalue weighted by Gasteiger charge is -2.33. The van der Waals surface area contributed by atoms with Crippen LogP contribution < -0.4 is 10.1 Å². The summed E-state index contributed by atoms with van der Waals surface area (Å²) in [6, 6.07) is 11.8. The number of hydrogen-bond acceptors (Lipinski definition) is 3. The molecule has 1 atom stereocenters. The number of rotatable bonds is 9. The second-order valence-corrected chi connectivity index (χ2v) is 9.71. The van der Waals surface area contributed by atoms with Crippen molar-refractivity contribution in [2.75, 3.05) is 6.61 Å². The van der Waals surface area contributed by atoms with Crippen LogP contribution in [0.1, 0.15) is 73.3 Å². The molecule has 0 aromatic heterocycles. The highest BCUT2D eigenvalue weighted by Crippen LogP contribution is 2.24. The average molecular weight is 465 g/mol. The van der Waals surface area contributed by atoms with Gasteiger partial charge in [-0.3, -0.25) is 9.59 Å². The summed E-state index contributed by atoms with van der Waals surface area (Å²) in [6.07, 6.45) is 6.12. The first kappa shape index (κ1) is 25.8. The van der Waals surface area contributed by atoms with Crippen molar-refractivity contribution in [3.8, 4) is 5.75 Å². The number of amides is 2. The van der Waals surface area contributed by atoms with Gasteiger partial charge in [-0.2, -0.15) is 0 Å². The Labute approximate surface area is 204 Å². The third-order valence-electron chi connectivity index (χ3n) is 7.05. The monoisotopic (exact) mass is 464 g/mol. The van der Waals surface area contributed by atoms with Gasteiger partial charge in [0.25, 0.3) is 5.91 Å². The van der Waals surface area contributed by atoms with Crippen molar-refractivity contribution in [1.82, 2.24) is 10.2 Å². The number of nitrogens with one attached hydrogen (secondary N) is 1. The molecule has 2 aromatic carbocycles. The molecule has 1 fully saturated rings. The van der Waals surface area contributed by atoms with Gasteiger partial charge in [0, 0.05) is 12.6 Å². The van der Waals surface area contributed by atoms with Gasteiger partial charge in [0.15, 0.2) is 6.61 Å². The number of benzene rings is 2. The Balaban J connectivity index is 1.80. The minimum Gasteiger partial charge on any atom is -0.483 e. The molecule has 0 heterocycles. The molecule has 34 heavy (non-hydrogen) atoms. The van der Waals surface area contributed by atoms with Crippen LogP contribution in [0.15, 0.2) is 36.4 Å². The van der Waals surface area contributed by atoms with E-state index in [4.69, 9.17) is 4.74 Å². The quantitative estimate of drug-likeness (QED) is 0.529. The third-order valence-corrected chi connectivity index (χ3v) is 7.05. The van der Waals surface area contributed by atoms with Crippen LogP contribution in [-0.2, 0) is 16.1 Å². The first-order chi connectivity index (χ1) is 16.3. The lowest BCUT2D eigenvalue weighted by atomic mass is 9.95. The number of carbonyl (C=O) groups excluding carboxylic acids is 2. The fraction of sp³-hybridized carbons (Fsp3) is 0.517. The zero-order valence-electron chi connectivity index (χ0n) is 21.4. The highest BCUT2D eigenvalue weighted by atomic mass is 16.5. The van der Waals surface area contributed by atoms with Crippen molar-refractivity contribution in [3.05, 3.63) is 64.2 Å². The molecule has 0 aliphatic heterocycles. The number of aryl methyl sites for hydroxylation is 3. The van der Waals surface area contributed by atoms with E-state index in [0.717, 1.165) is 59.3 Å². The maximum atomic E-state index is 13.5. The van der Waals surface area contributed by atoms with Gasteiger partial charge in [0.05, 0.1) is 0 Å². The smallest absolute Gasteiger partial charge is 0.261 e. The van der Waals surface area contributed by atoms with Gasteiger partial charge in [-0.05, 0) is 80.8 Å². The molecule has 1 N–H and O–H groups in total. The van der Waals surface area contributed by atoms with Gasteiger partial charge < -0.3 is 15.0 Å².